The largest absolute Gasteiger partial charge is 0.416 e. The molecule has 180 valence electrons. The van der Waals surface area contributed by atoms with Crippen LogP contribution in [0.25, 0.3) is 28.1 Å². The molecule has 0 atom stereocenters. The molecule has 0 bridgehead atoms. The van der Waals surface area contributed by atoms with E-state index >= 15 is 0 Å². The molecule has 1 fully saturated rings. The minimum atomic E-state index is -4.40. The normalized spacial score (nSPS) is 14.5. The van der Waals surface area contributed by atoms with E-state index in [2.05, 4.69) is 10.3 Å². The second-order valence-corrected chi connectivity index (χ2v) is 9.01. The van der Waals surface area contributed by atoms with E-state index in [1.165, 1.54) is 12.1 Å². The van der Waals surface area contributed by atoms with Crippen molar-refractivity contribution in [2.24, 2.45) is 4.99 Å². The number of nitrogens with one attached hydrogen (secondary N) is 1. The third-order valence-electron chi connectivity index (χ3n) is 6.21. The highest BCUT2D eigenvalue weighted by molar-refractivity contribution is 5.84. The van der Waals surface area contributed by atoms with Gasteiger partial charge in [0.1, 0.15) is 0 Å². The molecule has 0 unspecified atom stereocenters. The zero-order valence-corrected chi connectivity index (χ0v) is 19.4. The summed E-state index contributed by atoms with van der Waals surface area (Å²) < 4.78 is 41.6. The smallest absolute Gasteiger partial charge is 0.352 e. The number of para-hydroxylation sites is 2. The van der Waals surface area contributed by atoms with Crippen LogP contribution < -0.4 is 10.7 Å². The molecule has 1 N–H and O–H groups in total. The predicted molar refractivity (Wildman–Crippen MR) is 134 cm³/mol. The van der Waals surface area contributed by atoms with Gasteiger partial charge >= 0.3 is 6.18 Å². The molecule has 0 spiro atoms. The summed E-state index contributed by atoms with van der Waals surface area (Å²) in [6.45, 7) is 1.93. The highest BCUT2D eigenvalue weighted by Crippen LogP contribution is 2.33. The van der Waals surface area contributed by atoms with Crippen molar-refractivity contribution in [3.05, 3.63) is 95.6 Å². The van der Waals surface area contributed by atoms with Crippen LogP contribution in [0.1, 0.15) is 24.1 Å². The number of halogens is 3. The number of aryl methyl sites for hydroxylation is 1. The number of aromatic nitrogens is 3. The van der Waals surface area contributed by atoms with Gasteiger partial charge in [-0.2, -0.15) is 13.2 Å². The van der Waals surface area contributed by atoms with Gasteiger partial charge in [0.2, 0.25) is 0 Å². The number of nitrogens with zero attached hydrogens (tertiary/aromatic N) is 4. The van der Waals surface area contributed by atoms with Crippen molar-refractivity contribution in [1.29, 1.82) is 0 Å². The minimum absolute atomic E-state index is 0.270. The molecule has 3 aromatic rings. The predicted octanol–water partition coefficient (Wildman–Crippen LogP) is 6.66. The lowest BCUT2D eigenvalue weighted by Crippen LogP contribution is -2.16. The van der Waals surface area contributed by atoms with Gasteiger partial charge in [-0.05, 0) is 80.4 Å². The molecule has 0 radical (unpaired) electrons. The Balaban J connectivity index is 1.58. The minimum Gasteiger partial charge on any atom is -0.352 e. The first-order chi connectivity index (χ1) is 17.3. The van der Waals surface area contributed by atoms with Gasteiger partial charge in [0.05, 0.1) is 57.0 Å². The van der Waals surface area contributed by atoms with Crippen LogP contribution >= 0.6 is 0 Å². The van der Waals surface area contributed by atoms with Gasteiger partial charge in [0.15, 0.2) is 0 Å². The van der Waals surface area contributed by atoms with Gasteiger partial charge in [-0.1, -0.05) is 12.1 Å². The van der Waals surface area contributed by atoms with E-state index in [0.29, 0.717) is 11.4 Å². The summed E-state index contributed by atoms with van der Waals surface area (Å²) in [5.41, 5.74) is 5.50. The van der Waals surface area contributed by atoms with Gasteiger partial charge in [0, 0.05) is 11.4 Å². The molecule has 1 aromatic heterocycles. The Bertz CT molecular complexity index is 1600. The van der Waals surface area contributed by atoms with Crippen molar-refractivity contribution in [3.63, 3.8) is 0 Å². The second kappa shape index (κ2) is 8.48. The lowest BCUT2D eigenvalue weighted by Gasteiger charge is -2.20. The van der Waals surface area contributed by atoms with Crippen molar-refractivity contribution in [2.75, 3.05) is 5.32 Å². The molecule has 3 aliphatic rings. The molecule has 36 heavy (non-hydrogen) atoms. The highest BCUT2D eigenvalue weighted by atomic mass is 19.4. The van der Waals surface area contributed by atoms with E-state index in [-0.39, 0.29) is 6.04 Å². The number of benzene rings is 3. The van der Waals surface area contributed by atoms with Crippen molar-refractivity contribution >= 4 is 22.4 Å². The van der Waals surface area contributed by atoms with Crippen molar-refractivity contribution in [1.82, 2.24) is 14.5 Å². The summed E-state index contributed by atoms with van der Waals surface area (Å²) in [4.78, 5) is 14.2. The van der Waals surface area contributed by atoms with E-state index < -0.39 is 11.7 Å². The van der Waals surface area contributed by atoms with E-state index in [4.69, 9.17) is 9.98 Å². The Labute approximate surface area is 205 Å². The standard InChI is InChI=1S/C28H22F3N5/c1-17-6-9-20(16-32-17)34-23-14-25-27(15-24(23)33-19-10-11-19)36(26-5-3-2-4-22(26)35-25)21-12-7-18(8-13-21)28(29,30)31/h2-9,12-16,19,34H,10-11H2,1H3/b33-24+. The average Bonchev–Trinajstić information content (AvgIpc) is 3.68. The van der Waals surface area contributed by atoms with Gasteiger partial charge in [-0.3, -0.25) is 9.98 Å². The third-order valence-corrected chi connectivity index (χ3v) is 6.21. The van der Waals surface area contributed by atoms with Crippen LogP contribution in [0.4, 0.5) is 24.5 Å². The van der Waals surface area contributed by atoms with Gasteiger partial charge < -0.3 is 9.88 Å². The first kappa shape index (κ1) is 22.3. The first-order valence-corrected chi connectivity index (χ1v) is 11.7. The lowest BCUT2D eigenvalue weighted by atomic mass is 10.1. The number of rotatable bonds is 4. The third kappa shape index (κ3) is 4.30. The SMILES string of the molecule is Cc1ccc(Nc2cc3nc4ccccc4n(-c4ccc(C(F)(F)F)cc4)c-3c/c2=N\C2CC2)cn1. The van der Waals surface area contributed by atoms with Crippen LogP contribution in [0.5, 0.6) is 0 Å². The maximum Gasteiger partial charge on any atom is 0.416 e. The Morgan fingerprint density at radius 3 is 2.44 bits per heavy atom. The summed E-state index contributed by atoms with van der Waals surface area (Å²) in [5.74, 6) is 0. The summed E-state index contributed by atoms with van der Waals surface area (Å²) in [6, 6.07) is 20.9. The Kier molecular flexibility index (Phi) is 5.25. The number of hydrogen-bond donors (Lipinski definition) is 1. The molecule has 1 saturated carbocycles. The van der Waals surface area contributed by atoms with E-state index in [1.54, 1.807) is 6.20 Å². The fraction of sp³-hybridized carbons (Fsp3) is 0.179. The molecule has 1 aliphatic heterocycles. The molecule has 2 aromatic carbocycles. The van der Waals surface area contributed by atoms with Gasteiger partial charge in [-0.25, -0.2) is 4.98 Å². The van der Waals surface area contributed by atoms with Gasteiger partial charge in [0.25, 0.3) is 0 Å². The fourth-order valence-electron chi connectivity index (χ4n) is 4.22. The zero-order valence-electron chi connectivity index (χ0n) is 19.4. The fourth-order valence-corrected chi connectivity index (χ4v) is 4.22. The first-order valence-electron chi connectivity index (χ1n) is 11.7. The van der Waals surface area contributed by atoms with Crippen molar-refractivity contribution in [3.8, 4) is 17.1 Å². The molecule has 6 rings (SSSR count). The number of fused-ring (bicyclic) bond motifs is 2. The number of pyridine rings is 1. The average molecular weight is 486 g/mol. The maximum atomic E-state index is 13.2. The van der Waals surface area contributed by atoms with Crippen LogP contribution in [-0.2, 0) is 6.18 Å². The molecule has 8 heteroatoms. The molecule has 2 heterocycles. The van der Waals surface area contributed by atoms with E-state index in [9.17, 15) is 13.2 Å². The second-order valence-electron chi connectivity index (χ2n) is 9.01. The summed E-state index contributed by atoms with van der Waals surface area (Å²) in [7, 11) is 0. The van der Waals surface area contributed by atoms with Crippen LogP contribution in [0.3, 0.4) is 0 Å². The van der Waals surface area contributed by atoms with Crippen molar-refractivity contribution in [2.45, 2.75) is 32.0 Å². The molecule has 0 saturated heterocycles. The monoisotopic (exact) mass is 485 g/mol. The van der Waals surface area contributed by atoms with E-state index in [0.717, 1.165) is 64.1 Å². The van der Waals surface area contributed by atoms with Crippen LogP contribution in [0.2, 0.25) is 0 Å². The Morgan fingerprint density at radius 1 is 0.972 bits per heavy atom. The molecular formula is C28H22F3N5. The quantitative estimate of drug-likeness (QED) is 0.290. The molecule has 2 aliphatic carbocycles. The molecule has 5 nitrogen and oxygen atoms in total. The number of hydrogen-bond acceptors (Lipinski definition) is 4. The van der Waals surface area contributed by atoms with E-state index in [1.807, 2.05) is 60.0 Å². The molecule has 0 amide bonds. The van der Waals surface area contributed by atoms with Crippen LogP contribution in [0.15, 0.2) is 84.0 Å². The Morgan fingerprint density at radius 2 is 1.75 bits per heavy atom. The summed E-state index contributed by atoms with van der Waals surface area (Å²) >= 11 is 0. The number of anilines is 2. The zero-order chi connectivity index (χ0) is 24.9. The number of alkyl halides is 3. The molecular weight excluding hydrogens is 463 g/mol. The van der Waals surface area contributed by atoms with Gasteiger partial charge in [-0.15, -0.1) is 0 Å². The topological polar surface area (TPSA) is 55.1 Å². The summed E-state index contributed by atoms with van der Waals surface area (Å²) in [5, 5.41) is 4.21. The lowest BCUT2D eigenvalue weighted by molar-refractivity contribution is -0.137. The highest BCUT2D eigenvalue weighted by Gasteiger charge is 2.30. The van der Waals surface area contributed by atoms with Crippen LogP contribution in [0, 0.1) is 6.92 Å². The Hall–Kier alpha value is -4.20. The van der Waals surface area contributed by atoms with Crippen molar-refractivity contribution < 1.29 is 13.2 Å². The van der Waals surface area contributed by atoms with Crippen LogP contribution in [-0.4, -0.2) is 20.6 Å². The maximum absolute atomic E-state index is 13.2. The summed E-state index contributed by atoms with van der Waals surface area (Å²) in [6.07, 6.45) is -0.541.